The molecule has 0 N–H and O–H groups in total. The number of nitrogens with zero attached hydrogens (tertiary/aromatic N) is 2. The van der Waals surface area contributed by atoms with Crippen molar-refractivity contribution in [3.63, 3.8) is 0 Å². The Morgan fingerprint density at radius 2 is 2.40 bits per heavy atom. The molecule has 0 saturated heterocycles. The van der Waals surface area contributed by atoms with E-state index in [0.29, 0.717) is 6.04 Å². The monoisotopic (exact) mass is 132 g/mol. The van der Waals surface area contributed by atoms with E-state index in [1.807, 2.05) is 12.1 Å². The van der Waals surface area contributed by atoms with E-state index in [1.165, 1.54) is 0 Å². The van der Waals surface area contributed by atoms with Gasteiger partial charge in [0.25, 0.3) is 0 Å². The molecule has 1 aliphatic rings. The van der Waals surface area contributed by atoms with Crippen molar-refractivity contribution >= 4 is 6.08 Å². The highest BCUT2D eigenvalue weighted by Gasteiger charge is 2.00. The molecule has 1 atom stereocenters. The lowest BCUT2D eigenvalue weighted by atomic mass is 10.3. The molecule has 2 heteroatoms. The summed E-state index contributed by atoms with van der Waals surface area (Å²) in [7, 11) is 0. The molecule has 0 aromatic carbocycles. The van der Waals surface area contributed by atoms with Crippen molar-refractivity contribution in [3.05, 3.63) is 29.0 Å². The lowest BCUT2D eigenvalue weighted by Crippen LogP contribution is -2.23. The molecular formula is C8H8N2. The van der Waals surface area contributed by atoms with Crippen molar-refractivity contribution in [2.75, 3.05) is 0 Å². The maximum absolute atomic E-state index is 4.29. The van der Waals surface area contributed by atoms with Crippen molar-refractivity contribution in [1.29, 1.82) is 0 Å². The minimum Gasteiger partial charge on any atom is -0.259 e. The number of fused-ring (bicyclic) bond motifs is 1. The molecule has 0 spiro atoms. The molecule has 2 nitrogen and oxygen atoms in total. The van der Waals surface area contributed by atoms with Crippen LogP contribution in [0.4, 0.5) is 0 Å². The summed E-state index contributed by atoms with van der Waals surface area (Å²) < 4.78 is 0. The van der Waals surface area contributed by atoms with E-state index in [-0.39, 0.29) is 0 Å². The van der Waals surface area contributed by atoms with Gasteiger partial charge in [-0.3, -0.25) is 4.99 Å². The summed E-state index contributed by atoms with van der Waals surface area (Å²) in [6, 6.07) is 4.28. The number of pyridine rings is 1. The van der Waals surface area contributed by atoms with Crippen molar-refractivity contribution in [2.45, 2.75) is 13.0 Å². The second-order valence-corrected chi connectivity index (χ2v) is 2.45. The lowest BCUT2D eigenvalue weighted by Gasteiger charge is -1.85. The van der Waals surface area contributed by atoms with E-state index in [0.717, 1.165) is 10.7 Å². The summed E-state index contributed by atoms with van der Waals surface area (Å²) in [5, 5.41) is 1.16. The van der Waals surface area contributed by atoms with Gasteiger partial charge >= 0.3 is 0 Å². The van der Waals surface area contributed by atoms with Gasteiger partial charge in [0.15, 0.2) is 5.49 Å². The van der Waals surface area contributed by atoms with E-state index < -0.39 is 0 Å². The standard InChI is InChI=1S/C8H8N2/c1-6-5-7-3-2-4-9-8(7)10-6/h2-6H,1H3/t6-/m0/s1. The first-order chi connectivity index (χ1) is 4.86. The Labute approximate surface area is 58.9 Å². The first kappa shape index (κ1) is 5.59. The van der Waals surface area contributed by atoms with Gasteiger partial charge in [0, 0.05) is 11.4 Å². The zero-order valence-electron chi connectivity index (χ0n) is 5.78. The topological polar surface area (TPSA) is 25.2 Å². The Kier molecular flexibility index (Phi) is 1.07. The van der Waals surface area contributed by atoms with Crippen molar-refractivity contribution in [3.8, 4) is 0 Å². The van der Waals surface area contributed by atoms with Crippen LogP contribution < -0.4 is 10.7 Å². The van der Waals surface area contributed by atoms with Gasteiger partial charge < -0.3 is 0 Å². The normalized spacial score (nSPS) is 21.1. The minimum absolute atomic E-state index is 0.310. The molecule has 0 unspecified atom stereocenters. The van der Waals surface area contributed by atoms with Gasteiger partial charge in [-0.25, -0.2) is 4.98 Å². The van der Waals surface area contributed by atoms with Crippen LogP contribution in [0.5, 0.6) is 0 Å². The van der Waals surface area contributed by atoms with Gasteiger partial charge in [0.1, 0.15) is 0 Å². The predicted octanol–water partition coefficient (Wildman–Crippen LogP) is -0.116. The summed E-state index contributed by atoms with van der Waals surface area (Å²) in [6.07, 6.45) is 3.89. The van der Waals surface area contributed by atoms with Gasteiger partial charge in [0.05, 0.1) is 6.04 Å². The Hall–Kier alpha value is -1.18. The Morgan fingerprint density at radius 1 is 1.50 bits per heavy atom. The highest BCUT2D eigenvalue weighted by atomic mass is 14.9. The fraction of sp³-hybridized carbons (Fsp3) is 0.250. The van der Waals surface area contributed by atoms with Gasteiger partial charge in [-0.05, 0) is 25.1 Å². The van der Waals surface area contributed by atoms with E-state index in [2.05, 4.69) is 23.0 Å². The van der Waals surface area contributed by atoms with Crippen LogP contribution in [0, 0.1) is 0 Å². The van der Waals surface area contributed by atoms with Crippen LogP contribution in [-0.2, 0) is 0 Å². The van der Waals surface area contributed by atoms with Gasteiger partial charge in [0.2, 0.25) is 0 Å². The van der Waals surface area contributed by atoms with Crippen molar-refractivity contribution in [2.24, 2.45) is 4.99 Å². The van der Waals surface area contributed by atoms with E-state index in [1.54, 1.807) is 6.20 Å². The van der Waals surface area contributed by atoms with E-state index in [4.69, 9.17) is 0 Å². The summed E-state index contributed by atoms with van der Waals surface area (Å²) in [6.45, 7) is 2.06. The van der Waals surface area contributed by atoms with Gasteiger partial charge in [-0.2, -0.15) is 0 Å². The molecule has 2 rings (SSSR count). The summed E-state index contributed by atoms with van der Waals surface area (Å²) >= 11 is 0. The second kappa shape index (κ2) is 1.90. The number of aromatic nitrogens is 1. The molecule has 10 heavy (non-hydrogen) atoms. The largest absolute Gasteiger partial charge is 0.259 e. The van der Waals surface area contributed by atoms with Gasteiger partial charge in [-0.1, -0.05) is 0 Å². The van der Waals surface area contributed by atoms with Crippen molar-refractivity contribution < 1.29 is 0 Å². The molecule has 50 valence electrons. The van der Waals surface area contributed by atoms with E-state index >= 15 is 0 Å². The fourth-order valence-electron chi connectivity index (χ4n) is 1.14. The Morgan fingerprint density at radius 3 is 3.20 bits per heavy atom. The first-order valence-electron chi connectivity index (χ1n) is 3.37. The molecule has 0 fully saturated rings. The summed E-state index contributed by atoms with van der Waals surface area (Å²) in [5.41, 5.74) is 0.884. The summed E-state index contributed by atoms with van der Waals surface area (Å²) in [5.74, 6) is 0. The van der Waals surface area contributed by atoms with E-state index in [9.17, 15) is 0 Å². The maximum Gasteiger partial charge on any atom is 0.154 e. The zero-order chi connectivity index (χ0) is 6.97. The second-order valence-electron chi connectivity index (χ2n) is 2.45. The average molecular weight is 132 g/mol. The lowest BCUT2D eigenvalue weighted by molar-refractivity contribution is 0.930. The van der Waals surface area contributed by atoms with Crippen LogP contribution in [0.2, 0.25) is 0 Å². The van der Waals surface area contributed by atoms with Crippen LogP contribution >= 0.6 is 0 Å². The minimum atomic E-state index is 0.310. The molecule has 0 saturated carbocycles. The number of hydrogen-bond acceptors (Lipinski definition) is 2. The van der Waals surface area contributed by atoms with Crippen LogP contribution in [0.15, 0.2) is 23.3 Å². The third kappa shape index (κ3) is 0.727. The molecule has 1 aromatic heterocycles. The average Bonchev–Trinajstić information content (AvgIpc) is 2.27. The van der Waals surface area contributed by atoms with Crippen molar-refractivity contribution in [1.82, 2.24) is 4.98 Å². The molecule has 1 aromatic rings. The number of rotatable bonds is 0. The highest BCUT2D eigenvalue weighted by Crippen LogP contribution is 1.90. The zero-order valence-corrected chi connectivity index (χ0v) is 5.78. The smallest absolute Gasteiger partial charge is 0.154 e. The third-order valence-corrected chi connectivity index (χ3v) is 1.56. The number of hydrogen-bond donors (Lipinski definition) is 0. The molecule has 0 radical (unpaired) electrons. The van der Waals surface area contributed by atoms with Crippen LogP contribution in [-0.4, -0.2) is 11.0 Å². The molecular weight excluding hydrogens is 124 g/mol. The Balaban J connectivity index is 2.83. The fourth-order valence-corrected chi connectivity index (χ4v) is 1.14. The predicted molar refractivity (Wildman–Crippen MR) is 38.9 cm³/mol. The SMILES string of the molecule is C[C@H]1C=c2cccnc2=N1. The molecule has 1 aliphatic heterocycles. The summed E-state index contributed by atoms with van der Waals surface area (Å²) in [4.78, 5) is 8.40. The molecule has 0 aliphatic carbocycles. The van der Waals surface area contributed by atoms with Crippen LogP contribution in [0.1, 0.15) is 6.92 Å². The first-order valence-corrected chi connectivity index (χ1v) is 3.37. The molecule has 0 amide bonds. The molecule has 2 heterocycles. The highest BCUT2D eigenvalue weighted by molar-refractivity contribution is 5.31. The maximum atomic E-state index is 4.29. The Bertz CT molecular complexity index is 319. The molecule has 0 bridgehead atoms. The van der Waals surface area contributed by atoms with Gasteiger partial charge in [-0.15, -0.1) is 0 Å². The van der Waals surface area contributed by atoms with Crippen LogP contribution in [0.25, 0.3) is 6.08 Å². The van der Waals surface area contributed by atoms with Crippen LogP contribution in [0.3, 0.4) is 0 Å². The third-order valence-electron chi connectivity index (χ3n) is 1.56. The quantitative estimate of drug-likeness (QED) is 0.483.